The summed E-state index contributed by atoms with van der Waals surface area (Å²) in [4.78, 5) is 26.0. The summed E-state index contributed by atoms with van der Waals surface area (Å²) in [6.07, 6.45) is 0.848. The molecule has 22 heavy (non-hydrogen) atoms. The number of hydrogen-bond acceptors (Lipinski definition) is 4. The Labute approximate surface area is 136 Å². The number of halogens is 1. The van der Waals surface area contributed by atoms with Crippen molar-refractivity contribution in [3.05, 3.63) is 32.7 Å². The molecule has 1 aromatic rings. The number of aromatic amines is 1. The molecule has 0 aromatic carbocycles. The van der Waals surface area contributed by atoms with Crippen molar-refractivity contribution in [1.82, 2.24) is 15.6 Å². The molecule has 0 aliphatic rings. The lowest BCUT2D eigenvalue weighted by Gasteiger charge is -2.11. The van der Waals surface area contributed by atoms with Gasteiger partial charge in [-0.3, -0.25) is 9.59 Å². The Morgan fingerprint density at radius 1 is 1.32 bits per heavy atom. The van der Waals surface area contributed by atoms with Gasteiger partial charge in [-0.05, 0) is 37.9 Å². The monoisotopic (exact) mass is 326 g/mol. The van der Waals surface area contributed by atoms with Crippen molar-refractivity contribution in [2.24, 2.45) is 0 Å². The number of likely N-dealkylation sites (N-methyl/N-ethyl adjacent to an activating group) is 1. The van der Waals surface area contributed by atoms with Gasteiger partial charge in [0.2, 0.25) is 5.91 Å². The summed E-state index contributed by atoms with van der Waals surface area (Å²) < 4.78 is 0. The number of carbonyl (C=O) groups is 1. The number of amides is 1. The maximum atomic E-state index is 11.7. The maximum Gasteiger partial charge on any atom is 0.266 e. The molecule has 1 heterocycles. The van der Waals surface area contributed by atoms with Crippen molar-refractivity contribution in [3.63, 3.8) is 0 Å². The Kier molecular flexibility index (Phi) is 9.15. The van der Waals surface area contributed by atoms with Crippen LogP contribution in [0.15, 0.2) is 4.79 Å². The van der Waals surface area contributed by atoms with E-state index in [1.54, 1.807) is 13.8 Å². The molecule has 0 atom stereocenters. The van der Waals surface area contributed by atoms with E-state index in [4.69, 9.17) is 5.26 Å². The van der Waals surface area contributed by atoms with Crippen LogP contribution in [0.3, 0.4) is 0 Å². The third-order valence-electron chi connectivity index (χ3n) is 3.40. The molecule has 0 saturated heterocycles. The number of aryl methyl sites for hydroxylation is 1. The average Bonchev–Trinajstić information content (AvgIpc) is 2.43. The number of H-pyrrole nitrogens is 1. The molecule has 0 bridgehead atoms. The van der Waals surface area contributed by atoms with Crippen molar-refractivity contribution in [2.75, 3.05) is 19.6 Å². The number of rotatable bonds is 7. The van der Waals surface area contributed by atoms with Gasteiger partial charge in [-0.25, -0.2) is 0 Å². The lowest BCUT2D eigenvalue weighted by molar-refractivity contribution is -0.121. The number of aromatic nitrogens is 1. The summed E-state index contributed by atoms with van der Waals surface area (Å²) in [5.41, 5.74) is 2.01. The van der Waals surface area contributed by atoms with Gasteiger partial charge in [0.1, 0.15) is 11.6 Å². The fraction of sp³-hybridized carbons (Fsp3) is 0.533. The molecule has 1 amide bonds. The molecule has 0 radical (unpaired) electrons. The number of nitrogens with zero attached hydrogens (tertiary/aromatic N) is 1. The minimum absolute atomic E-state index is 0. The Morgan fingerprint density at radius 2 is 2.00 bits per heavy atom. The Morgan fingerprint density at radius 3 is 2.59 bits per heavy atom. The van der Waals surface area contributed by atoms with Crippen molar-refractivity contribution in [3.8, 4) is 6.07 Å². The van der Waals surface area contributed by atoms with Crippen molar-refractivity contribution in [1.29, 1.82) is 5.26 Å². The van der Waals surface area contributed by atoms with Crippen molar-refractivity contribution in [2.45, 2.75) is 33.6 Å². The van der Waals surface area contributed by atoms with Crippen LogP contribution in [0.25, 0.3) is 0 Å². The van der Waals surface area contributed by atoms with Crippen LogP contribution in [0.4, 0.5) is 0 Å². The first-order chi connectivity index (χ1) is 10.0. The summed E-state index contributed by atoms with van der Waals surface area (Å²) in [7, 11) is 0. The highest BCUT2D eigenvalue weighted by Gasteiger charge is 2.13. The Balaban J connectivity index is 0.00000441. The third kappa shape index (κ3) is 5.51. The highest BCUT2D eigenvalue weighted by molar-refractivity contribution is 5.85. The summed E-state index contributed by atoms with van der Waals surface area (Å²) in [6.45, 7) is 7.77. The predicted octanol–water partition coefficient (Wildman–Crippen LogP) is 0.944. The number of hydrogen-bond donors (Lipinski definition) is 3. The van der Waals surface area contributed by atoms with Gasteiger partial charge in [0.05, 0.1) is 0 Å². The van der Waals surface area contributed by atoms with Gasteiger partial charge in [-0.1, -0.05) is 6.92 Å². The molecule has 0 unspecified atom stereocenters. The van der Waals surface area contributed by atoms with Crippen LogP contribution in [0.2, 0.25) is 0 Å². The van der Waals surface area contributed by atoms with E-state index >= 15 is 0 Å². The molecule has 122 valence electrons. The fourth-order valence-corrected chi connectivity index (χ4v) is 2.21. The van der Waals surface area contributed by atoms with E-state index in [0.29, 0.717) is 24.9 Å². The zero-order chi connectivity index (χ0) is 15.8. The quantitative estimate of drug-likeness (QED) is 0.650. The number of nitrogens with one attached hydrogen (secondary N) is 3. The largest absolute Gasteiger partial charge is 0.355 e. The van der Waals surface area contributed by atoms with Gasteiger partial charge in [-0.15, -0.1) is 12.4 Å². The van der Waals surface area contributed by atoms with E-state index in [1.165, 1.54) is 0 Å². The van der Waals surface area contributed by atoms with Gasteiger partial charge in [0, 0.05) is 25.2 Å². The number of carbonyl (C=O) groups excluding carboxylic acids is 1. The molecule has 0 spiro atoms. The molecular weight excluding hydrogens is 304 g/mol. The first kappa shape index (κ1) is 20.2. The Hall–Kier alpha value is -1.84. The molecule has 6 nitrogen and oxygen atoms in total. The van der Waals surface area contributed by atoms with Crippen LogP contribution in [-0.2, 0) is 11.2 Å². The molecule has 0 aliphatic carbocycles. The van der Waals surface area contributed by atoms with Crippen molar-refractivity contribution >= 4 is 18.3 Å². The predicted molar refractivity (Wildman–Crippen MR) is 88.4 cm³/mol. The van der Waals surface area contributed by atoms with Crippen LogP contribution in [0, 0.1) is 25.2 Å². The van der Waals surface area contributed by atoms with E-state index in [2.05, 4.69) is 15.6 Å². The SMILES string of the molecule is CCNCCNC(=O)CCc1c(C)[nH]c(=O)c(C#N)c1C.Cl. The number of nitriles is 1. The number of pyridine rings is 1. The molecule has 1 rings (SSSR count). The minimum Gasteiger partial charge on any atom is -0.355 e. The zero-order valence-corrected chi connectivity index (χ0v) is 14.0. The molecule has 0 aliphatic heterocycles. The van der Waals surface area contributed by atoms with Gasteiger partial charge in [0.25, 0.3) is 5.56 Å². The van der Waals surface area contributed by atoms with Crippen LogP contribution >= 0.6 is 12.4 Å². The van der Waals surface area contributed by atoms with Crippen LogP contribution < -0.4 is 16.2 Å². The molecule has 1 aromatic heterocycles. The highest BCUT2D eigenvalue weighted by Crippen LogP contribution is 2.14. The molecule has 0 fully saturated rings. The second-order valence-corrected chi connectivity index (χ2v) is 4.87. The molecule has 3 N–H and O–H groups in total. The van der Waals surface area contributed by atoms with E-state index in [9.17, 15) is 9.59 Å². The fourth-order valence-electron chi connectivity index (χ4n) is 2.21. The van der Waals surface area contributed by atoms with Crippen molar-refractivity contribution < 1.29 is 4.79 Å². The van der Waals surface area contributed by atoms with Gasteiger partial charge in [0.15, 0.2) is 0 Å². The first-order valence-corrected chi connectivity index (χ1v) is 7.11. The van der Waals surface area contributed by atoms with Crippen LogP contribution in [-0.4, -0.2) is 30.5 Å². The summed E-state index contributed by atoms with van der Waals surface area (Å²) in [6, 6.07) is 1.91. The molecule has 7 heteroatoms. The summed E-state index contributed by atoms with van der Waals surface area (Å²) in [5, 5.41) is 15.0. The lowest BCUT2D eigenvalue weighted by atomic mass is 9.99. The lowest BCUT2D eigenvalue weighted by Crippen LogP contribution is -2.32. The second kappa shape index (κ2) is 9.98. The van der Waals surface area contributed by atoms with Crippen LogP contribution in [0.5, 0.6) is 0 Å². The Bertz CT molecular complexity index is 605. The summed E-state index contributed by atoms with van der Waals surface area (Å²) >= 11 is 0. The van der Waals surface area contributed by atoms with Gasteiger partial charge >= 0.3 is 0 Å². The van der Waals surface area contributed by atoms with E-state index in [1.807, 2.05) is 13.0 Å². The van der Waals surface area contributed by atoms with Gasteiger partial charge < -0.3 is 15.6 Å². The third-order valence-corrected chi connectivity index (χ3v) is 3.40. The van der Waals surface area contributed by atoms with E-state index in [-0.39, 0.29) is 29.4 Å². The van der Waals surface area contributed by atoms with Gasteiger partial charge in [-0.2, -0.15) is 5.26 Å². The zero-order valence-electron chi connectivity index (χ0n) is 13.2. The average molecular weight is 327 g/mol. The first-order valence-electron chi connectivity index (χ1n) is 7.11. The van der Waals surface area contributed by atoms with E-state index < -0.39 is 0 Å². The second-order valence-electron chi connectivity index (χ2n) is 4.87. The summed E-state index contributed by atoms with van der Waals surface area (Å²) in [5.74, 6) is -0.0311. The van der Waals surface area contributed by atoms with Crippen LogP contribution in [0.1, 0.15) is 35.7 Å². The highest BCUT2D eigenvalue weighted by atomic mass is 35.5. The topological polar surface area (TPSA) is 97.8 Å². The maximum absolute atomic E-state index is 11.7. The normalized spacial score (nSPS) is 9.73. The minimum atomic E-state index is -0.369. The molecule has 0 saturated carbocycles. The van der Waals surface area contributed by atoms with E-state index in [0.717, 1.165) is 24.3 Å². The standard InChI is InChI=1S/C15H22N4O2.ClH/c1-4-17-7-8-18-14(20)6-5-12-10(2)13(9-16)15(21)19-11(12)3;/h17H,4-8H2,1-3H3,(H,18,20)(H,19,21);1H. The smallest absolute Gasteiger partial charge is 0.266 e. The molecular formula is C15H23ClN4O2.